The number of likely N-dealkylation sites (tertiary alicyclic amines) is 1. The molecule has 48 heavy (non-hydrogen) atoms. The summed E-state index contributed by atoms with van der Waals surface area (Å²) in [5.41, 5.74) is 0.199. The van der Waals surface area contributed by atoms with E-state index >= 15 is 0 Å². The number of hydrogen-bond acceptors (Lipinski definition) is 7. The Morgan fingerprint density at radius 1 is 1.00 bits per heavy atom. The van der Waals surface area contributed by atoms with E-state index in [1.165, 1.54) is 0 Å². The number of aliphatic hydroxyl groups excluding tert-OH is 1. The van der Waals surface area contributed by atoms with Crippen molar-refractivity contribution in [2.24, 2.45) is 11.8 Å². The number of fused-ring (bicyclic) bond motifs is 2. The van der Waals surface area contributed by atoms with Gasteiger partial charge >= 0.3 is 0 Å². The topological polar surface area (TPSA) is 121 Å². The summed E-state index contributed by atoms with van der Waals surface area (Å²) in [6, 6.07) is 16.1. The van der Waals surface area contributed by atoms with E-state index in [4.69, 9.17) is 4.74 Å². The van der Waals surface area contributed by atoms with Crippen LogP contribution < -0.4 is 4.90 Å². The zero-order valence-corrected chi connectivity index (χ0v) is 27.7. The summed E-state index contributed by atoms with van der Waals surface area (Å²) in [5.74, 6) is -2.22. The molecule has 3 aliphatic rings. The van der Waals surface area contributed by atoms with Crippen molar-refractivity contribution in [3.63, 3.8) is 0 Å². The van der Waals surface area contributed by atoms with E-state index in [9.17, 15) is 19.5 Å². The molecular weight excluding hydrogens is 608 g/mol. The first-order chi connectivity index (χ1) is 23.4. The smallest absolute Gasteiger partial charge is 0.250 e. The Morgan fingerprint density at radius 2 is 1.73 bits per heavy atom. The monoisotopic (exact) mass is 654 g/mol. The lowest BCUT2D eigenvalue weighted by Gasteiger charge is -2.37. The fraction of sp³-hybridized carbons (Fsp3) is 0.486. The molecule has 2 bridgehead atoms. The average Bonchev–Trinajstić information content (AvgIpc) is 3.84. The van der Waals surface area contributed by atoms with Crippen LogP contribution in [0.25, 0.3) is 11.0 Å². The Labute approximate surface area is 281 Å². The maximum atomic E-state index is 14.9. The second kappa shape index (κ2) is 14.0. The van der Waals surface area contributed by atoms with E-state index in [0.29, 0.717) is 44.2 Å². The third-order valence-electron chi connectivity index (χ3n) is 10.5. The number of amides is 3. The number of unbranched alkanes of at least 4 members (excludes halogenated alkanes) is 3. The first kappa shape index (κ1) is 33.5. The molecule has 4 heterocycles. The molecule has 3 saturated heterocycles. The minimum Gasteiger partial charge on any atom is -0.396 e. The highest BCUT2D eigenvalue weighted by Crippen LogP contribution is 2.64. The van der Waals surface area contributed by atoms with Crippen molar-refractivity contribution in [3.8, 4) is 0 Å². The van der Waals surface area contributed by atoms with Crippen molar-refractivity contribution in [3.05, 3.63) is 79.9 Å². The van der Waals surface area contributed by atoms with Gasteiger partial charge in [-0.25, -0.2) is 4.68 Å². The van der Waals surface area contributed by atoms with Crippen molar-refractivity contribution in [1.82, 2.24) is 24.8 Å². The molecule has 1 spiro atoms. The van der Waals surface area contributed by atoms with Crippen molar-refractivity contribution >= 4 is 34.4 Å². The molecule has 1 aromatic heterocycles. The summed E-state index contributed by atoms with van der Waals surface area (Å²) in [4.78, 5) is 49.5. The summed E-state index contributed by atoms with van der Waals surface area (Å²) in [5, 5.41) is 17.9. The van der Waals surface area contributed by atoms with Crippen molar-refractivity contribution < 1.29 is 24.2 Å². The molecule has 0 saturated carbocycles. The molecule has 254 valence electrons. The Kier molecular flexibility index (Phi) is 9.80. The Balaban J connectivity index is 1.39. The second-order valence-electron chi connectivity index (χ2n) is 13.1. The second-order valence-corrected chi connectivity index (χ2v) is 13.1. The number of ether oxygens (including phenoxy) is 1. The van der Waals surface area contributed by atoms with E-state index in [1.54, 1.807) is 31.5 Å². The van der Waals surface area contributed by atoms with Crippen molar-refractivity contribution in [1.29, 1.82) is 0 Å². The summed E-state index contributed by atoms with van der Waals surface area (Å²) < 4.78 is 8.74. The quantitative estimate of drug-likeness (QED) is 0.180. The molecule has 5 atom stereocenters. The minimum absolute atomic E-state index is 0.113. The number of nitrogens with zero attached hydrogens (tertiary/aromatic N) is 6. The lowest BCUT2D eigenvalue weighted by atomic mass is 9.64. The zero-order valence-electron chi connectivity index (χ0n) is 27.7. The number of hydrogen-bond donors (Lipinski definition) is 1. The highest BCUT2D eigenvalue weighted by molar-refractivity contribution is 6.03. The van der Waals surface area contributed by atoms with E-state index in [-0.39, 0.29) is 44.1 Å². The van der Waals surface area contributed by atoms with E-state index < -0.39 is 29.1 Å². The zero-order chi connectivity index (χ0) is 33.9. The minimum atomic E-state index is -1.16. The molecule has 0 radical (unpaired) electrons. The molecule has 3 aromatic rings. The van der Waals surface area contributed by atoms with Gasteiger partial charge in [-0.3, -0.25) is 14.4 Å². The molecule has 3 fully saturated rings. The fourth-order valence-corrected chi connectivity index (χ4v) is 8.32. The summed E-state index contributed by atoms with van der Waals surface area (Å²) in [6.45, 7) is 10.9. The van der Waals surface area contributed by atoms with Gasteiger partial charge in [-0.05, 0) is 56.4 Å². The van der Waals surface area contributed by atoms with Crippen LogP contribution >= 0.6 is 0 Å². The van der Waals surface area contributed by atoms with Crippen LogP contribution in [-0.2, 0) is 25.8 Å². The van der Waals surface area contributed by atoms with Gasteiger partial charge in [0.15, 0.2) is 0 Å². The third kappa shape index (κ3) is 5.62. The van der Waals surface area contributed by atoms with Gasteiger partial charge in [-0.1, -0.05) is 67.5 Å². The first-order valence-electron chi connectivity index (χ1n) is 17.1. The molecule has 6 rings (SSSR count). The predicted molar refractivity (Wildman–Crippen MR) is 183 cm³/mol. The summed E-state index contributed by atoms with van der Waals surface area (Å²) >= 11 is 0. The van der Waals surface area contributed by atoms with Crippen LogP contribution in [0.1, 0.15) is 51.9 Å². The summed E-state index contributed by atoms with van der Waals surface area (Å²) in [6.07, 6.45) is 7.93. The number of aromatic nitrogens is 3. The van der Waals surface area contributed by atoms with Gasteiger partial charge in [0.2, 0.25) is 17.7 Å². The van der Waals surface area contributed by atoms with Gasteiger partial charge in [0.1, 0.15) is 23.8 Å². The van der Waals surface area contributed by atoms with Crippen LogP contribution in [0.15, 0.2) is 79.9 Å². The van der Waals surface area contributed by atoms with E-state index in [0.717, 1.165) is 24.0 Å². The molecule has 1 N–H and O–H groups in total. The maximum absolute atomic E-state index is 14.9. The number of aliphatic hydroxyl groups is 1. The first-order valence-corrected chi connectivity index (χ1v) is 17.1. The van der Waals surface area contributed by atoms with E-state index in [2.05, 4.69) is 23.5 Å². The molecule has 3 amide bonds. The van der Waals surface area contributed by atoms with Gasteiger partial charge < -0.3 is 24.5 Å². The number of carbonyl (C=O) groups excluding carboxylic acids is 3. The third-order valence-corrected chi connectivity index (χ3v) is 10.5. The number of para-hydroxylation sites is 2. The van der Waals surface area contributed by atoms with Gasteiger partial charge in [0, 0.05) is 31.9 Å². The van der Waals surface area contributed by atoms with Gasteiger partial charge in [-0.2, -0.15) is 0 Å². The molecule has 3 aliphatic heterocycles. The SMILES string of the molecule is C=CCN(Cn1nnc2ccccc21)C(=O)C1N(CCCCCCO)C(=O)[C@@H]2[C@@H](C(=O)N(CC=C)c3ccccc3)[C@@]3(CC)CCC12O3. The normalized spacial score (nSPS) is 25.8. The van der Waals surface area contributed by atoms with Gasteiger partial charge in [0.05, 0.1) is 23.0 Å². The molecule has 11 heteroatoms. The Morgan fingerprint density at radius 3 is 2.46 bits per heavy atom. The average molecular weight is 655 g/mol. The molecule has 2 aromatic carbocycles. The Hall–Kier alpha value is -4.35. The van der Waals surface area contributed by atoms with Crippen LogP contribution in [0.2, 0.25) is 0 Å². The number of anilines is 1. The predicted octanol–water partition coefficient (Wildman–Crippen LogP) is 4.33. The molecule has 2 unspecified atom stereocenters. The van der Waals surface area contributed by atoms with Crippen LogP contribution in [0, 0.1) is 11.8 Å². The fourth-order valence-electron chi connectivity index (χ4n) is 8.32. The lowest BCUT2D eigenvalue weighted by molar-refractivity contribution is -0.153. The largest absolute Gasteiger partial charge is 0.396 e. The highest BCUT2D eigenvalue weighted by atomic mass is 16.5. The molecular formula is C37H46N6O5. The lowest BCUT2D eigenvalue weighted by Crippen LogP contribution is -2.56. The summed E-state index contributed by atoms with van der Waals surface area (Å²) in [7, 11) is 0. The van der Waals surface area contributed by atoms with Crippen LogP contribution in [-0.4, -0.2) is 91.1 Å². The van der Waals surface area contributed by atoms with Gasteiger partial charge in [-0.15, -0.1) is 18.3 Å². The van der Waals surface area contributed by atoms with Crippen LogP contribution in [0.3, 0.4) is 0 Å². The maximum Gasteiger partial charge on any atom is 0.250 e. The highest BCUT2D eigenvalue weighted by Gasteiger charge is 2.79. The standard InChI is InChI=1S/C37H46N6O5/c1-4-22-40(26-43-29-19-13-12-18-28(29)38-39-43)35(47)32-37-21-20-36(6-3,48-37)30(31(37)34(46)42(32)24-14-7-8-15-25-44)33(45)41(23-5-2)27-16-10-9-11-17-27/h4-5,9-13,16-19,30-32,44H,1-2,6-8,14-15,20-26H2,3H3/t30-,31-,32?,36+,37?/m0/s1. The van der Waals surface area contributed by atoms with Crippen LogP contribution in [0.5, 0.6) is 0 Å². The van der Waals surface area contributed by atoms with Crippen molar-refractivity contribution in [2.75, 3.05) is 31.1 Å². The number of benzene rings is 2. The van der Waals surface area contributed by atoms with Gasteiger partial charge in [0.25, 0.3) is 0 Å². The van der Waals surface area contributed by atoms with Crippen LogP contribution in [0.4, 0.5) is 5.69 Å². The van der Waals surface area contributed by atoms with Crippen molar-refractivity contribution in [2.45, 2.75) is 75.8 Å². The number of rotatable bonds is 16. The van der Waals surface area contributed by atoms with E-state index in [1.807, 2.05) is 61.5 Å². The Bertz CT molecular complexity index is 1660. The molecule has 11 nitrogen and oxygen atoms in total. The number of carbonyl (C=O) groups is 3. The molecule has 0 aliphatic carbocycles.